The fourth-order valence-corrected chi connectivity index (χ4v) is 1.19. The first-order chi connectivity index (χ1) is 6.25. The lowest BCUT2D eigenvalue weighted by Gasteiger charge is -2.05. The molecule has 0 aromatic carbocycles. The fourth-order valence-electron chi connectivity index (χ4n) is 1.19. The summed E-state index contributed by atoms with van der Waals surface area (Å²) in [5.41, 5.74) is 0.997. The van der Waals surface area contributed by atoms with Crippen LogP contribution >= 0.6 is 0 Å². The van der Waals surface area contributed by atoms with E-state index in [2.05, 4.69) is 11.8 Å². The van der Waals surface area contributed by atoms with Gasteiger partial charge in [0.05, 0.1) is 6.26 Å². The maximum absolute atomic E-state index is 9.66. The van der Waals surface area contributed by atoms with Gasteiger partial charge in [-0.15, -0.1) is 11.8 Å². The van der Waals surface area contributed by atoms with E-state index >= 15 is 0 Å². The van der Waals surface area contributed by atoms with Gasteiger partial charge >= 0.3 is 0 Å². The molecule has 1 aromatic rings. The van der Waals surface area contributed by atoms with E-state index in [-0.39, 0.29) is 0 Å². The molecule has 0 aliphatic carbocycles. The van der Waals surface area contributed by atoms with Gasteiger partial charge in [-0.25, -0.2) is 0 Å². The number of aryl methyl sites for hydroxylation is 1. The van der Waals surface area contributed by atoms with Crippen molar-refractivity contribution in [3.63, 3.8) is 0 Å². The molecule has 1 atom stereocenters. The summed E-state index contributed by atoms with van der Waals surface area (Å²) >= 11 is 0. The molecule has 1 unspecified atom stereocenters. The minimum Gasteiger partial charge on any atom is -0.466 e. The lowest BCUT2D eigenvalue weighted by Crippen LogP contribution is -1.96. The second kappa shape index (κ2) is 4.74. The summed E-state index contributed by atoms with van der Waals surface area (Å²) < 4.78 is 5.16. The highest BCUT2D eigenvalue weighted by Gasteiger charge is 2.12. The third-order valence-electron chi connectivity index (χ3n) is 1.92. The van der Waals surface area contributed by atoms with Gasteiger partial charge in [0.25, 0.3) is 0 Å². The molecule has 70 valence electrons. The van der Waals surface area contributed by atoms with Gasteiger partial charge in [0.2, 0.25) is 0 Å². The van der Waals surface area contributed by atoms with Gasteiger partial charge in [-0.3, -0.25) is 0 Å². The molecule has 0 saturated heterocycles. The molecule has 1 N–H and O–H groups in total. The Morgan fingerprint density at radius 1 is 1.62 bits per heavy atom. The Labute approximate surface area is 78.6 Å². The number of aliphatic hydroxyl groups excluding tert-OH is 1. The Hall–Kier alpha value is -1.20. The maximum Gasteiger partial charge on any atom is 0.135 e. The van der Waals surface area contributed by atoms with Gasteiger partial charge in [0.15, 0.2) is 0 Å². The number of rotatable bonds is 3. The molecule has 0 spiro atoms. The molecule has 0 saturated carbocycles. The van der Waals surface area contributed by atoms with Crippen LogP contribution in [-0.4, -0.2) is 5.11 Å². The summed E-state index contributed by atoms with van der Waals surface area (Å²) in [5, 5.41) is 9.66. The molecule has 2 nitrogen and oxygen atoms in total. The van der Waals surface area contributed by atoms with Crippen molar-refractivity contribution in [1.82, 2.24) is 0 Å². The quantitative estimate of drug-likeness (QED) is 0.721. The molecule has 13 heavy (non-hydrogen) atoms. The lowest BCUT2D eigenvalue weighted by atomic mass is 10.1. The van der Waals surface area contributed by atoms with E-state index in [1.165, 1.54) is 0 Å². The van der Waals surface area contributed by atoms with E-state index in [4.69, 9.17) is 4.42 Å². The summed E-state index contributed by atoms with van der Waals surface area (Å²) in [5.74, 6) is 6.36. The number of hydrogen-bond acceptors (Lipinski definition) is 2. The normalized spacial score (nSPS) is 11.9. The molecular weight excluding hydrogens is 164 g/mol. The van der Waals surface area contributed by atoms with Crippen molar-refractivity contribution in [2.24, 2.45) is 0 Å². The SMILES string of the molecule is CC#CCCC(O)c1occc1C. The van der Waals surface area contributed by atoms with Crippen LogP contribution in [0, 0.1) is 18.8 Å². The summed E-state index contributed by atoms with van der Waals surface area (Å²) in [7, 11) is 0. The monoisotopic (exact) mass is 178 g/mol. The second-order valence-corrected chi connectivity index (χ2v) is 2.95. The topological polar surface area (TPSA) is 33.4 Å². The van der Waals surface area contributed by atoms with Gasteiger partial charge in [-0.2, -0.15) is 0 Å². The predicted octanol–water partition coefficient (Wildman–Crippen LogP) is 2.42. The van der Waals surface area contributed by atoms with E-state index in [0.29, 0.717) is 18.6 Å². The maximum atomic E-state index is 9.66. The van der Waals surface area contributed by atoms with Gasteiger partial charge in [-0.1, -0.05) is 0 Å². The van der Waals surface area contributed by atoms with Crippen LogP contribution in [-0.2, 0) is 0 Å². The molecule has 0 radical (unpaired) electrons. The molecule has 0 fully saturated rings. The van der Waals surface area contributed by atoms with Gasteiger partial charge < -0.3 is 9.52 Å². The minimum absolute atomic E-state index is 0.518. The third kappa shape index (κ3) is 2.64. The smallest absolute Gasteiger partial charge is 0.135 e. The van der Waals surface area contributed by atoms with Crippen molar-refractivity contribution in [1.29, 1.82) is 0 Å². The van der Waals surface area contributed by atoms with Crippen molar-refractivity contribution in [3.05, 3.63) is 23.7 Å². The molecular formula is C11H14O2. The van der Waals surface area contributed by atoms with Crippen molar-refractivity contribution in [2.45, 2.75) is 32.8 Å². The fraction of sp³-hybridized carbons (Fsp3) is 0.455. The molecule has 2 heteroatoms. The van der Waals surface area contributed by atoms with Crippen LogP contribution in [0.15, 0.2) is 16.7 Å². The zero-order chi connectivity index (χ0) is 9.68. The van der Waals surface area contributed by atoms with Crippen molar-refractivity contribution >= 4 is 0 Å². The average Bonchev–Trinajstić information content (AvgIpc) is 2.52. The number of furan rings is 1. The van der Waals surface area contributed by atoms with E-state index in [1.807, 2.05) is 13.0 Å². The molecule has 1 heterocycles. The average molecular weight is 178 g/mol. The standard InChI is InChI=1S/C11H14O2/c1-3-4-5-6-10(12)11-9(2)7-8-13-11/h7-8,10,12H,5-6H2,1-2H3. The zero-order valence-electron chi connectivity index (χ0n) is 8.00. The number of aliphatic hydroxyl groups is 1. The Balaban J connectivity index is 2.52. The summed E-state index contributed by atoms with van der Waals surface area (Å²) in [6, 6.07) is 1.85. The summed E-state index contributed by atoms with van der Waals surface area (Å²) in [4.78, 5) is 0. The van der Waals surface area contributed by atoms with Crippen molar-refractivity contribution in [2.75, 3.05) is 0 Å². The van der Waals surface area contributed by atoms with Crippen LogP contribution in [0.4, 0.5) is 0 Å². The highest BCUT2D eigenvalue weighted by molar-refractivity contribution is 5.16. The predicted molar refractivity (Wildman–Crippen MR) is 51.1 cm³/mol. The van der Waals surface area contributed by atoms with Crippen LogP contribution < -0.4 is 0 Å². The van der Waals surface area contributed by atoms with Gasteiger partial charge in [-0.05, 0) is 31.9 Å². The molecule has 1 rings (SSSR count). The second-order valence-electron chi connectivity index (χ2n) is 2.95. The third-order valence-corrected chi connectivity index (χ3v) is 1.92. The first-order valence-corrected chi connectivity index (χ1v) is 4.37. The van der Waals surface area contributed by atoms with Gasteiger partial charge in [0, 0.05) is 6.42 Å². The van der Waals surface area contributed by atoms with Crippen LogP contribution in [0.25, 0.3) is 0 Å². The van der Waals surface area contributed by atoms with Crippen LogP contribution in [0.5, 0.6) is 0 Å². The Kier molecular flexibility index (Phi) is 3.60. The van der Waals surface area contributed by atoms with E-state index < -0.39 is 6.10 Å². The molecule has 0 aliphatic rings. The Bertz CT molecular complexity index is 314. The van der Waals surface area contributed by atoms with Crippen molar-refractivity contribution < 1.29 is 9.52 Å². The van der Waals surface area contributed by atoms with Crippen molar-refractivity contribution in [3.8, 4) is 11.8 Å². The first kappa shape index (κ1) is 9.88. The van der Waals surface area contributed by atoms with E-state index in [0.717, 1.165) is 5.56 Å². The van der Waals surface area contributed by atoms with Crippen LogP contribution in [0.2, 0.25) is 0 Å². The largest absolute Gasteiger partial charge is 0.466 e. The highest BCUT2D eigenvalue weighted by atomic mass is 16.4. The van der Waals surface area contributed by atoms with Crippen LogP contribution in [0.1, 0.15) is 37.2 Å². The zero-order valence-corrected chi connectivity index (χ0v) is 8.00. The highest BCUT2D eigenvalue weighted by Crippen LogP contribution is 2.22. The Morgan fingerprint density at radius 3 is 2.92 bits per heavy atom. The van der Waals surface area contributed by atoms with Crippen LogP contribution in [0.3, 0.4) is 0 Å². The number of hydrogen-bond donors (Lipinski definition) is 1. The molecule has 1 aromatic heterocycles. The molecule has 0 bridgehead atoms. The lowest BCUT2D eigenvalue weighted by molar-refractivity contribution is 0.141. The van der Waals surface area contributed by atoms with E-state index in [1.54, 1.807) is 13.2 Å². The minimum atomic E-state index is -0.518. The molecule has 0 aliphatic heterocycles. The van der Waals surface area contributed by atoms with Gasteiger partial charge in [0.1, 0.15) is 11.9 Å². The Morgan fingerprint density at radius 2 is 2.38 bits per heavy atom. The summed E-state index contributed by atoms with van der Waals surface area (Å²) in [6.45, 7) is 3.72. The first-order valence-electron chi connectivity index (χ1n) is 4.37. The summed E-state index contributed by atoms with van der Waals surface area (Å²) in [6.07, 6.45) is 2.42. The van der Waals surface area contributed by atoms with E-state index in [9.17, 15) is 5.11 Å². The molecule has 0 amide bonds.